The zero-order chi connectivity index (χ0) is 14.5. The van der Waals surface area contributed by atoms with E-state index >= 15 is 0 Å². The van der Waals surface area contributed by atoms with E-state index in [2.05, 4.69) is 0 Å². The summed E-state index contributed by atoms with van der Waals surface area (Å²) in [6, 6.07) is 1.86. The Hall–Kier alpha value is -1.69. The summed E-state index contributed by atoms with van der Waals surface area (Å²) in [5.41, 5.74) is 0.815. The van der Waals surface area contributed by atoms with Crippen LogP contribution >= 0.6 is 11.3 Å². The molecule has 2 rings (SSSR count). The molecular weight excluding hydrogens is 278 g/mol. The first-order chi connectivity index (χ1) is 9.61. The summed E-state index contributed by atoms with van der Waals surface area (Å²) in [5, 5.41) is 1.92. The normalized spacial score (nSPS) is 14.7. The quantitative estimate of drug-likeness (QED) is 0.615. The Morgan fingerprint density at radius 2 is 2.20 bits per heavy atom. The third kappa shape index (κ3) is 3.45. The van der Waals surface area contributed by atoms with E-state index in [-0.39, 0.29) is 31.3 Å². The van der Waals surface area contributed by atoms with Gasteiger partial charge in [0.1, 0.15) is 6.42 Å². The van der Waals surface area contributed by atoms with Gasteiger partial charge in [-0.25, -0.2) is 0 Å². The highest BCUT2D eigenvalue weighted by Crippen LogP contribution is 2.31. The van der Waals surface area contributed by atoms with Gasteiger partial charge >= 0.3 is 5.97 Å². The van der Waals surface area contributed by atoms with Crippen LogP contribution in [0.3, 0.4) is 0 Å². The van der Waals surface area contributed by atoms with Crippen LogP contribution in [0.5, 0.6) is 0 Å². The molecule has 0 fully saturated rings. The Bertz CT molecular complexity index is 523. The Morgan fingerprint density at radius 1 is 1.40 bits per heavy atom. The van der Waals surface area contributed by atoms with Crippen molar-refractivity contribution in [1.82, 2.24) is 0 Å². The summed E-state index contributed by atoms with van der Waals surface area (Å²) in [5.74, 6) is -0.888. The van der Waals surface area contributed by atoms with E-state index in [4.69, 9.17) is 4.74 Å². The number of fused-ring (bicyclic) bond motifs is 1. The lowest BCUT2D eigenvalue weighted by Crippen LogP contribution is -2.35. The van der Waals surface area contributed by atoms with E-state index in [9.17, 15) is 14.4 Å². The van der Waals surface area contributed by atoms with Crippen molar-refractivity contribution in [2.24, 2.45) is 0 Å². The molecule has 0 atom stereocenters. The third-order valence-electron chi connectivity index (χ3n) is 3.09. The number of hydrogen-bond acceptors (Lipinski definition) is 5. The van der Waals surface area contributed by atoms with Crippen LogP contribution in [0.2, 0.25) is 0 Å². The molecule has 0 N–H and O–H groups in total. The zero-order valence-corrected chi connectivity index (χ0v) is 12.2. The van der Waals surface area contributed by atoms with Crippen molar-refractivity contribution < 1.29 is 19.1 Å². The molecule has 1 aliphatic heterocycles. The smallest absolute Gasteiger partial charge is 0.313 e. The van der Waals surface area contributed by atoms with Crippen molar-refractivity contribution in [1.29, 1.82) is 0 Å². The maximum atomic E-state index is 12.1. The van der Waals surface area contributed by atoms with Gasteiger partial charge in [-0.2, -0.15) is 0 Å². The number of ketones is 1. The van der Waals surface area contributed by atoms with E-state index in [0.717, 1.165) is 23.4 Å². The molecule has 5 nitrogen and oxygen atoms in total. The highest BCUT2D eigenvalue weighted by Gasteiger charge is 2.25. The van der Waals surface area contributed by atoms with Gasteiger partial charge in [-0.15, -0.1) is 11.3 Å². The summed E-state index contributed by atoms with van der Waals surface area (Å²) in [4.78, 5) is 37.9. The van der Waals surface area contributed by atoms with Crippen molar-refractivity contribution in [2.45, 2.75) is 32.6 Å². The monoisotopic (exact) mass is 295 g/mol. The number of carbonyl (C=O) groups excluding carboxylic acids is 3. The fourth-order valence-electron chi connectivity index (χ4n) is 2.21. The average molecular weight is 295 g/mol. The Morgan fingerprint density at radius 3 is 2.95 bits per heavy atom. The van der Waals surface area contributed by atoms with Crippen molar-refractivity contribution in [3.05, 3.63) is 16.3 Å². The second-order valence-corrected chi connectivity index (χ2v) is 5.58. The number of carbonyl (C=O) groups is 3. The number of nitrogens with zero attached hydrogens (tertiary/aromatic N) is 1. The van der Waals surface area contributed by atoms with Crippen LogP contribution in [-0.4, -0.2) is 30.8 Å². The molecule has 6 heteroatoms. The molecular formula is C14H17NO4S. The van der Waals surface area contributed by atoms with Crippen molar-refractivity contribution in [3.63, 3.8) is 0 Å². The molecule has 0 aliphatic carbocycles. The van der Waals surface area contributed by atoms with Crippen molar-refractivity contribution >= 4 is 34.7 Å². The van der Waals surface area contributed by atoms with Gasteiger partial charge < -0.3 is 9.64 Å². The van der Waals surface area contributed by atoms with Crippen LogP contribution in [0.25, 0.3) is 0 Å². The molecule has 0 saturated heterocycles. The minimum Gasteiger partial charge on any atom is -0.466 e. The first-order valence-corrected chi connectivity index (χ1v) is 7.53. The predicted octanol–water partition coefficient (Wildman–Crippen LogP) is 1.94. The number of amides is 1. The van der Waals surface area contributed by atoms with Gasteiger partial charge in [-0.3, -0.25) is 14.4 Å². The number of aryl methyl sites for hydroxylation is 1. The minimum absolute atomic E-state index is 0.0542. The van der Waals surface area contributed by atoms with Crippen LogP contribution in [-0.2, 0) is 25.5 Å². The van der Waals surface area contributed by atoms with Gasteiger partial charge in [0.05, 0.1) is 18.8 Å². The van der Waals surface area contributed by atoms with E-state index in [0.29, 0.717) is 6.42 Å². The molecule has 0 saturated carbocycles. The third-order valence-corrected chi connectivity index (χ3v) is 4.06. The maximum absolute atomic E-state index is 12.1. The van der Waals surface area contributed by atoms with E-state index in [1.165, 1.54) is 4.90 Å². The topological polar surface area (TPSA) is 63.7 Å². The molecule has 108 valence electrons. The van der Waals surface area contributed by atoms with Gasteiger partial charge in [-0.05, 0) is 31.2 Å². The summed E-state index contributed by atoms with van der Waals surface area (Å²) < 4.78 is 4.75. The Kier molecular flexibility index (Phi) is 4.89. The Labute approximate surface area is 121 Å². The highest BCUT2D eigenvalue weighted by atomic mass is 32.1. The standard InChI is InChI=1S/C14H17NO4S/c1-2-19-14(18)8-10(16)9-15-11-6-7-20-12(11)4-3-5-13(15)17/h6-7H,2-5,8-9H2,1H3. The first kappa shape index (κ1) is 14.7. The molecule has 0 radical (unpaired) electrons. The van der Waals surface area contributed by atoms with Gasteiger partial charge in [0.2, 0.25) is 5.91 Å². The summed E-state index contributed by atoms with van der Waals surface area (Å²) in [7, 11) is 0. The summed E-state index contributed by atoms with van der Waals surface area (Å²) in [6.07, 6.45) is 1.82. The molecule has 1 aromatic rings. The number of thiophene rings is 1. The van der Waals surface area contributed by atoms with Gasteiger partial charge in [0, 0.05) is 11.3 Å². The lowest BCUT2D eigenvalue weighted by molar-refractivity contribution is -0.145. The molecule has 0 bridgehead atoms. The van der Waals surface area contributed by atoms with E-state index < -0.39 is 5.97 Å². The predicted molar refractivity (Wildman–Crippen MR) is 75.9 cm³/mol. The number of anilines is 1. The summed E-state index contributed by atoms with van der Waals surface area (Å²) in [6.45, 7) is 1.89. The fraction of sp³-hybridized carbons (Fsp3) is 0.500. The minimum atomic E-state index is -0.537. The van der Waals surface area contributed by atoms with E-state index in [1.807, 2.05) is 11.4 Å². The largest absolute Gasteiger partial charge is 0.466 e. The van der Waals surface area contributed by atoms with Gasteiger partial charge in [0.15, 0.2) is 5.78 Å². The fourth-order valence-corrected chi connectivity index (χ4v) is 3.13. The maximum Gasteiger partial charge on any atom is 0.313 e. The number of hydrogen-bond donors (Lipinski definition) is 0. The summed E-state index contributed by atoms with van der Waals surface area (Å²) >= 11 is 1.60. The molecule has 1 aliphatic rings. The number of ether oxygens (including phenoxy) is 1. The number of esters is 1. The van der Waals surface area contributed by atoms with Crippen LogP contribution in [0, 0.1) is 0 Å². The van der Waals surface area contributed by atoms with Crippen LogP contribution in [0.1, 0.15) is 31.1 Å². The second kappa shape index (κ2) is 6.65. The van der Waals surface area contributed by atoms with Gasteiger partial charge in [-0.1, -0.05) is 0 Å². The van der Waals surface area contributed by atoms with Crippen LogP contribution in [0.15, 0.2) is 11.4 Å². The highest BCUT2D eigenvalue weighted by molar-refractivity contribution is 7.10. The lowest BCUT2D eigenvalue weighted by Gasteiger charge is -2.20. The second-order valence-electron chi connectivity index (χ2n) is 4.58. The molecule has 0 spiro atoms. The molecule has 1 aromatic heterocycles. The number of Topliss-reactive ketones (excluding diaryl/α,β-unsaturated/α-hetero) is 1. The van der Waals surface area contributed by atoms with E-state index in [1.54, 1.807) is 18.3 Å². The Balaban J connectivity index is 2.06. The molecule has 0 aromatic carbocycles. The van der Waals surface area contributed by atoms with Crippen molar-refractivity contribution in [2.75, 3.05) is 18.1 Å². The zero-order valence-electron chi connectivity index (χ0n) is 11.4. The first-order valence-electron chi connectivity index (χ1n) is 6.66. The van der Waals surface area contributed by atoms with Gasteiger partial charge in [0.25, 0.3) is 0 Å². The number of rotatable bonds is 5. The molecule has 1 amide bonds. The molecule has 20 heavy (non-hydrogen) atoms. The SMILES string of the molecule is CCOC(=O)CC(=O)CN1C(=O)CCCc2sccc21. The van der Waals surface area contributed by atoms with Crippen LogP contribution in [0.4, 0.5) is 5.69 Å². The lowest BCUT2D eigenvalue weighted by atomic mass is 10.2. The average Bonchev–Trinajstić information content (AvgIpc) is 2.79. The van der Waals surface area contributed by atoms with Crippen LogP contribution < -0.4 is 4.90 Å². The van der Waals surface area contributed by atoms with Crippen molar-refractivity contribution in [3.8, 4) is 0 Å². The molecule has 2 heterocycles. The molecule has 0 unspecified atom stereocenters.